The zero-order chi connectivity index (χ0) is 20.4. The molecular weight excluding hydrogens is 394 g/mol. The fourth-order valence-corrected chi connectivity index (χ4v) is 5.22. The molecule has 1 aliphatic rings. The number of carbonyl (C=O) groups is 1. The molecule has 1 fully saturated rings. The summed E-state index contributed by atoms with van der Waals surface area (Å²) in [6.45, 7) is 6.96. The van der Waals surface area contributed by atoms with E-state index in [1.54, 1.807) is 39.8 Å². The van der Waals surface area contributed by atoms with Crippen molar-refractivity contribution in [3.63, 3.8) is 0 Å². The number of nitrogens with zero attached hydrogens (tertiary/aromatic N) is 1. The molecule has 0 saturated carbocycles. The SMILES string of the molecule is CCOC(O)C1CC(S(=O)(=O)c2ccccc2Cl)CN1C(=O)OC(C)(C)C. The van der Waals surface area contributed by atoms with Crippen molar-refractivity contribution in [2.75, 3.05) is 13.2 Å². The molecule has 27 heavy (non-hydrogen) atoms. The van der Waals surface area contributed by atoms with Crippen molar-refractivity contribution in [2.24, 2.45) is 0 Å². The van der Waals surface area contributed by atoms with Crippen LogP contribution in [0.2, 0.25) is 5.02 Å². The third-order valence-electron chi connectivity index (χ3n) is 4.18. The Morgan fingerprint density at radius 2 is 2.00 bits per heavy atom. The number of halogens is 1. The van der Waals surface area contributed by atoms with Crippen LogP contribution in [-0.4, -0.2) is 60.9 Å². The molecule has 1 aromatic rings. The maximum absolute atomic E-state index is 13.0. The van der Waals surface area contributed by atoms with Crippen LogP contribution in [0, 0.1) is 0 Å². The van der Waals surface area contributed by atoms with E-state index in [-0.39, 0.29) is 29.5 Å². The molecule has 0 radical (unpaired) electrons. The molecule has 7 nitrogen and oxygen atoms in total. The van der Waals surface area contributed by atoms with Crippen LogP contribution in [0.4, 0.5) is 4.79 Å². The molecular formula is C18H26ClNO6S. The maximum atomic E-state index is 13.0. The standard InChI is InChI=1S/C18H26ClNO6S/c1-5-25-16(21)14-10-12(11-20(14)17(22)26-18(2,3)4)27(23,24)15-9-7-6-8-13(15)19/h6-9,12,14,16,21H,5,10-11H2,1-4H3. The zero-order valence-electron chi connectivity index (χ0n) is 15.9. The number of hydrogen-bond acceptors (Lipinski definition) is 6. The van der Waals surface area contributed by atoms with Gasteiger partial charge in [0.15, 0.2) is 16.1 Å². The fourth-order valence-electron chi connectivity index (χ4n) is 2.99. The first-order chi connectivity index (χ1) is 12.5. The highest BCUT2D eigenvalue weighted by Gasteiger charge is 2.47. The monoisotopic (exact) mass is 419 g/mol. The van der Waals surface area contributed by atoms with E-state index in [9.17, 15) is 18.3 Å². The smallest absolute Gasteiger partial charge is 0.410 e. The first-order valence-corrected chi connectivity index (χ1v) is 10.7. The number of hydrogen-bond donors (Lipinski definition) is 1. The second-order valence-electron chi connectivity index (χ2n) is 7.38. The Labute approximate surface area is 165 Å². The van der Waals surface area contributed by atoms with Crippen LogP contribution >= 0.6 is 11.6 Å². The van der Waals surface area contributed by atoms with Crippen LogP contribution in [0.25, 0.3) is 0 Å². The summed E-state index contributed by atoms with van der Waals surface area (Å²) in [6.07, 6.45) is -1.98. The van der Waals surface area contributed by atoms with Gasteiger partial charge in [-0.15, -0.1) is 0 Å². The van der Waals surface area contributed by atoms with Gasteiger partial charge in [0, 0.05) is 13.2 Å². The first kappa shape index (κ1) is 21.9. The van der Waals surface area contributed by atoms with Crippen molar-refractivity contribution in [3.8, 4) is 0 Å². The van der Waals surface area contributed by atoms with Crippen LogP contribution in [0.1, 0.15) is 34.1 Å². The van der Waals surface area contributed by atoms with Gasteiger partial charge in [-0.25, -0.2) is 13.2 Å². The Bertz CT molecular complexity index is 776. The Morgan fingerprint density at radius 3 is 2.56 bits per heavy atom. The van der Waals surface area contributed by atoms with Gasteiger partial charge in [0.1, 0.15) is 5.60 Å². The average molecular weight is 420 g/mol. The molecule has 1 aromatic carbocycles. The van der Waals surface area contributed by atoms with Crippen molar-refractivity contribution < 1.29 is 27.8 Å². The summed E-state index contributed by atoms with van der Waals surface area (Å²) in [6, 6.07) is 5.34. The quantitative estimate of drug-likeness (QED) is 0.737. The molecule has 1 amide bonds. The molecule has 0 aliphatic carbocycles. The lowest BCUT2D eigenvalue weighted by atomic mass is 10.2. The molecule has 0 spiro atoms. The summed E-state index contributed by atoms with van der Waals surface area (Å²) in [5.41, 5.74) is -0.752. The van der Waals surface area contributed by atoms with Crippen LogP contribution < -0.4 is 0 Å². The first-order valence-electron chi connectivity index (χ1n) is 8.75. The summed E-state index contributed by atoms with van der Waals surface area (Å²) in [4.78, 5) is 13.8. The predicted octanol–water partition coefficient (Wildman–Crippen LogP) is 2.85. The van der Waals surface area contributed by atoms with E-state index < -0.39 is 39.1 Å². The Balaban J connectivity index is 2.33. The third-order valence-corrected chi connectivity index (χ3v) is 6.81. The van der Waals surface area contributed by atoms with E-state index in [2.05, 4.69) is 0 Å². The lowest BCUT2D eigenvalue weighted by molar-refractivity contribution is -0.132. The van der Waals surface area contributed by atoms with Crippen LogP contribution in [0.3, 0.4) is 0 Å². The lowest BCUT2D eigenvalue weighted by Crippen LogP contribution is -2.46. The topological polar surface area (TPSA) is 93.1 Å². The molecule has 1 aliphatic heterocycles. The number of rotatable bonds is 5. The molecule has 1 heterocycles. The van der Waals surface area contributed by atoms with Crippen LogP contribution in [0.5, 0.6) is 0 Å². The minimum Gasteiger partial charge on any atom is -0.444 e. The second-order valence-corrected chi connectivity index (χ2v) is 9.98. The molecule has 152 valence electrons. The van der Waals surface area contributed by atoms with Crippen molar-refractivity contribution >= 4 is 27.5 Å². The van der Waals surface area contributed by atoms with Gasteiger partial charge >= 0.3 is 6.09 Å². The number of aliphatic hydroxyl groups excluding tert-OH is 1. The van der Waals surface area contributed by atoms with Gasteiger partial charge in [-0.05, 0) is 46.2 Å². The van der Waals surface area contributed by atoms with Gasteiger partial charge < -0.3 is 14.6 Å². The molecule has 9 heteroatoms. The summed E-state index contributed by atoms with van der Waals surface area (Å²) >= 11 is 6.06. The van der Waals surface area contributed by atoms with E-state index in [0.29, 0.717) is 0 Å². The lowest BCUT2D eigenvalue weighted by Gasteiger charge is -2.30. The second kappa shape index (κ2) is 8.34. The molecule has 1 saturated heterocycles. The van der Waals surface area contributed by atoms with Crippen molar-refractivity contribution in [1.82, 2.24) is 4.90 Å². The highest BCUT2D eigenvalue weighted by Crippen LogP contribution is 2.33. The highest BCUT2D eigenvalue weighted by atomic mass is 35.5. The Kier molecular flexibility index (Phi) is 6.78. The average Bonchev–Trinajstić information content (AvgIpc) is 3.00. The number of sulfone groups is 1. The van der Waals surface area contributed by atoms with Gasteiger partial charge in [0.25, 0.3) is 0 Å². The largest absolute Gasteiger partial charge is 0.444 e. The van der Waals surface area contributed by atoms with Gasteiger partial charge in [0.2, 0.25) is 0 Å². The summed E-state index contributed by atoms with van der Waals surface area (Å²) < 4.78 is 36.7. The number of likely N-dealkylation sites (tertiary alicyclic amines) is 1. The number of benzene rings is 1. The predicted molar refractivity (Wildman–Crippen MR) is 101 cm³/mol. The number of amides is 1. The fraction of sp³-hybridized carbons (Fsp3) is 0.611. The number of aliphatic hydroxyl groups is 1. The van der Waals surface area contributed by atoms with E-state index in [1.165, 1.54) is 17.0 Å². The maximum Gasteiger partial charge on any atom is 0.410 e. The van der Waals surface area contributed by atoms with Gasteiger partial charge in [0.05, 0.1) is 21.2 Å². The van der Waals surface area contributed by atoms with Crippen LogP contribution in [-0.2, 0) is 19.3 Å². The number of ether oxygens (including phenoxy) is 2. The molecule has 1 N–H and O–H groups in total. The van der Waals surface area contributed by atoms with Crippen molar-refractivity contribution in [3.05, 3.63) is 29.3 Å². The van der Waals surface area contributed by atoms with E-state index in [1.807, 2.05) is 0 Å². The number of carbonyl (C=O) groups excluding carboxylic acids is 1. The molecule has 2 rings (SSSR count). The van der Waals surface area contributed by atoms with Crippen molar-refractivity contribution in [1.29, 1.82) is 0 Å². The van der Waals surface area contributed by atoms with Crippen LogP contribution in [0.15, 0.2) is 29.2 Å². The zero-order valence-corrected chi connectivity index (χ0v) is 17.5. The highest BCUT2D eigenvalue weighted by molar-refractivity contribution is 7.92. The third kappa shape index (κ3) is 5.13. The van der Waals surface area contributed by atoms with E-state index in [0.717, 1.165) is 0 Å². The summed E-state index contributed by atoms with van der Waals surface area (Å²) in [7, 11) is -3.81. The normalized spacial score (nSPS) is 21.9. The Hall–Kier alpha value is -1.35. The molecule has 0 bridgehead atoms. The molecule has 3 unspecified atom stereocenters. The molecule has 3 atom stereocenters. The van der Waals surface area contributed by atoms with Gasteiger partial charge in [-0.3, -0.25) is 4.90 Å². The van der Waals surface area contributed by atoms with E-state index >= 15 is 0 Å². The Morgan fingerprint density at radius 1 is 1.37 bits per heavy atom. The molecule has 0 aromatic heterocycles. The van der Waals surface area contributed by atoms with Gasteiger partial charge in [-0.2, -0.15) is 0 Å². The summed E-state index contributed by atoms with van der Waals surface area (Å²) in [5, 5.41) is 9.48. The summed E-state index contributed by atoms with van der Waals surface area (Å²) in [5.74, 6) is 0. The van der Waals surface area contributed by atoms with Gasteiger partial charge in [-0.1, -0.05) is 23.7 Å². The minimum atomic E-state index is -3.81. The minimum absolute atomic E-state index is 0.00681. The van der Waals surface area contributed by atoms with Crippen molar-refractivity contribution in [2.45, 2.75) is 62.2 Å². The van der Waals surface area contributed by atoms with E-state index in [4.69, 9.17) is 21.1 Å².